The van der Waals surface area contributed by atoms with Gasteiger partial charge in [0.1, 0.15) is 0 Å². The molecular weight excluding hydrogens is 268 g/mol. The van der Waals surface area contributed by atoms with Crippen molar-refractivity contribution < 1.29 is 4.79 Å². The van der Waals surface area contributed by atoms with Crippen molar-refractivity contribution >= 4 is 5.78 Å². The average Bonchev–Trinajstić information content (AvgIpc) is 2.55. The molecule has 0 atom stereocenters. The third kappa shape index (κ3) is 1.90. The van der Waals surface area contributed by atoms with E-state index in [2.05, 4.69) is 43.3 Å². The van der Waals surface area contributed by atoms with Crippen LogP contribution in [0.25, 0.3) is 0 Å². The normalized spacial score (nSPS) is 13.6. The fourth-order valence-electron chi connectivity index (χ4n) is 3.43. The SMILES string of the molecule is Cc1cccc(C2c3ccccc3C(=O)c3ccccc32)c1. The summed E-state index contributed by atoms with van der Waals surface area (Å²) in [5.41, 5.74) is 6.35. The number of hydrogen-bond donors (Lipinski definition) is 0. The van der Waals surface area contributed by atoms with Gasteiger partial charge in [0, 0.05) is 17.0 Å². The minimum absolute atomic E-state index is 0.130. The van der Waals surface area contributed by atoms with Gasteiger partial charge in [0.15, 0.2) is 5.78 Å². The van der Waals surface area contributed by atoms with Crippen molar-refractivity contribution in [2.24, 2.45) is 0 Å². The maximum Gasteiger partial charge on any atom is 0.193 e. The molecule has 0 unspecified atom stereocenters. The molecule has 1 aliphatic carbocycles. The molecule has 0 spiro atoms. The van der Waals surface area contributed by atoms with Crippen LogP contribution in [-0.4, -0.2) is 5.78 Å². The molecule has 0 N–H and O–H groups in total. The first-order valence-corrected chi connectivity index (χ1v) is 7.55. The van der Waals surface area contributed by atoms with Crippen LogP contribution in [0.1, 0.15) is 44.1 Å². The molecule has 0 aliphatic heterocycles. The molecule has 3 aromatic rings. The molecule has 0 saturated heterocycles. The second-order valence-electron chi connectivity index (χ2n) is 5.85. The zero-order valence-electron chi connectivity index (χ0n) is 12.4. The maximum atomic E-state index is 12.8. The van der Waals surface area contributed by atoms with Gasteiger partial charge in [0.25, 0.3) is 0 Å². The van der Waals surface area contributed by atoms with Gasteiger partial charge in [-0.1, -0.05) is 78.4 Å². The Morgan fingerprint density at radius 2 is 1.32 bits per heavy atom. The lowest BCUT2D eigenvalue weighted by Crippen LogP contribution is -2.20. The molecule has 0 bridgehead atoms. The fraction of sp³-hybridized carbons (Fsp3) is 0.0952. The number of rotatable bonds is 1. The van der Waals surface area contributed by atoms with Gasteiger partial charge in [-0.25, -0.2) is 0 Å². The first kappa shape index (κ1) is 13.0. The Labute approximate surface area is 130 Å². The lowest BCUT2D eigenvalue weighted by Gasteiger charge is -2.28. The summed E-state index contributed by atoms with van der Waals surface area (Å²) >= 11 is 0. The predicted octanol–water partition coefficient (Wildman–Crippen LogP) is 4.72. The largest absolute Gasteiger partial charge is 0.289 e. The predicted molar refractivity (Wildman–Crippen MR) is 88.4 cm³/mol. The molecule has 3 aromatic carbocycles. The lowest BCUT2D eigenvalue weighted by atomic mass is 9.74. The Morgan fingerprint density at radius 1 is 0.727 bits per heavy atom. The number of aryl methyl sites for hydroxylation is 1. The highest BCUT2D eigenvalue weighted by atomic mass is 16.1. The molecule has 1 heteroatoms. The standard InChI is InChI=1S/C21H16O/c1-14-7-6-8-15(13-14)20-16-9-2-4-11-18(16)21(22)19-12-5-3-10-17(19)20/h2-13,20H,1H3. The van der Waals surface area contributed by atoms with Crippen molar-refractivity contribution in [1.82, 2.24) is 0 Å². The quantitative estimate of drug-likeness (QED) is 0.494. The molecule has 0 radical (unpaired) electrons. The highest BCUT2D eigenvalue weighted by molar-refractivity contribution is 6.13. The molecule has 1 aliphatic rings. The Kier molecular flexibility index (Phi) is 2.93. The Balaban J connectivity index is 2.03. The molecule has 0 saturated carbocycles. The van der Waals surface area contributed by atoms with Gasteiger partial charge in [-0.15, -0.1) is 0 Å². The van der Waals surface area contributed by atoms with Crippen LogP contribution < -0.4 is 0 Å². The summed E-state index contributed by atoms with van der Waals surface area (Å²) in [7, 11) is 0. The monoisotopic (exact) mass is 284 g/mol. The number of carbonyl (C=O) groups is 1. The second kappa shape index (κ2) is 4.96. The van der Waals surface area contributed by atoms with Crippen molar-refractivity contribution in [3.05, 3.63) is 106 Å². The lowest BCUT2D eigenvalue weighted by molar-refractivity contribution is 0.103. The van der Waals surface area contributed by atoms with Crippen molar-refractivity contribution in [2.75, 3.05) is 0 Å². The Morgan fingerprint density at radius 3 is 1.91 bits per heavy atom. The van der Waals surface area contributed by atoms with E-state index in [-0.39, 0.29) is 11.7 Å². The molecule has 106 valence electrons. The van der Waals surface area contributed by atoms with Crippen LogP contribution in [0.2, 0.25) is 0 Å². The highest BCUT2D eigenvalue weighted by Gasteiger charge is 2.31. The Hall–Kier alpha value is -2.67. The zero-order valence-corrected chi connectivity index (χ0v) is 12.4. The number of carbonyl (C=O) groups excluding carboxylic acids is 1. The molecule has 0 heterocycles. The van der Waals surface area contributed by atoms with Crippen LogP contribution in [-0.2, 0) is 0 Å². The van der Waals surface area contributed by atoms with E-state index in [1.807, 2.05) is 36.4 Å². The van der Waals surface area contributed by atoms with Crippen LogP contribution in [0.15, 0.2) is 72.8 Å². The van der Waals surface area contributed by atoms with Gasteiger partial charge >= 0.3 is 0 Å². The minimum Gasteiger partial charge on any atom is -0.289 e. The summed E-state index contributed by atoms with van der Waals surface area (Å²) in [4.78, 5) is 12.8. The van der Waals surface area contributed by atoms with E-state index < -0.39 is 0 Å². The van der Waals surface area contributed by atoms with Crippen molar-refractivity contribution in [1.29, 1.82) is 0 Å². The van der Waals surface area contributed by atoms with Crippen LogP contribution in [0.3, 0.4) is 0 Å². The van der Waals surface area contributed by atoms with Gasteiger partial charge < -0.3 is 0 Å². The molecule has 0 fully saturated rings. The zero-order chi connectivity index (χ0) is 15.1. The molecule has 0 aromatic heterocycles. The van der Waals surface area contributed by atoms with E-state index >= 15 is 0 Å². The van der Waals surface area contributed by atoms with Gasteiger partial charge in [-0.3, -0.25) is 4.79 Å². The topological polar surface area (TPSA) is 17.1 Å². The third-order valence-electron chi connectivity index (χ3n) is 4.41. The molecule has 0 amide bonds. The van der Waals surface area contributed by atoms with Gasteiger partial charge in [-0.2, -0.15) is 0 Å². The second-order valence-corrected chi connectivity index (χ2v) is 5.85. The van der Waals surface area contributed by atoms with Crippen LogP contribution in [0, 0.1) is 6.92 Å². The summed E-state index contributed by atoms with van der Waals surface area (Å²) in [6.07, 6.45) is 0. The average molecular weight is 284 g/mol. The summed E-state index contributed by atoms with van der Waals surface area (Å²) < 4.78 is 0. The highest BCUT2D eigenvalue weighted by Crippen LogP contribution is 2.40. The number of benzene rings is 3. The van der Waals surface area contributed by atoms with E-state index in [4.69, 9.17) is 0 Å². The Bertz CT molecular complexity index is 827. The third-order valence-corrected chi connectivity index (χ3v) is 4.41. The van der Waals surface area contributed by atoms with E-state index in [0.717, 1.165) is 22.3 Å². The van der Waals surface area contributed by atoms with E-state index in [1.54, 1.807) is 0 Å². The van der Waals surface area contributed by atoms with Gasteiger partial charge in [-0.05, 0) is 23.6 Å². The van der Waals surface area contributed by atoms with Crippen LogP contribution in [0.5, 0.6) is 0 Å². The summed E-state index contributed by atoms with van der Waals surface area (Å²) in [6, 6.07) is 24.5. The van der Waals surface area contributed by atoms with Crippen LogP contribution >= 0.6 is 0 Å². The maximum absolute atomic E-state index is 12.8. The number of fused-ring (bicyclic) bond motifs is 2. The minimum atomic E-state index is 0.130. The van der Waals surface area contributed by atoms with Crippen molar-refractivity contribution in [2.45, 2.75) is 12.8 Å². The molecule has 4 rings (SSSR count). The summed E-state index contributed by atoms with van der Waals surface area (Å²) in [6.45, 7) is 2.11. The molecule has 22 heavy (non-hydrogen) atoms. The number of hydrogen-bond acceptors (Lipinski definition) is 1. The summed E-state index contributed by atoms with van der Waals surface area (Å²) in [5.74, 6) is 0.264. The smallest absolute Gasteiger partial charge is 0.193 e. The molecule has 1 nitrogen and oxygen atoms in total. The fourth-order valence-corrected chi connectivity index (χ4v) is 3.43. The first-order chi connectivity index (χ1) is 10.8. The summed E-state index contributed by atoms with van der Waals surface area (Å²) in [5, 5.41) is 0. The van der Waals surface area contributed by atoms with E-state index in [1.165, 1.54) is 11.1 Å². The van der Waals surface area contributed by atoms with Gasteiger partial charge in [0.2, 0.25) is 0 Å². The van der Waals surface area contributed by atoms with E-state index in [0.29, 0.717) is 0 Å². The molecular formula is C21H16O. The van der Waals surface area contributed by atoms with Crippen LogP contribution in [0.4, 0.5) is 0 Å². The first-order valence-electron chi connectivity index (χ1n) is 7.55. The van der Waals surface area contributed by atoms with E-state index in [9.17, 15) is 4.79 Å². The number of ketones is 1. The van der Waals surface area contributed by atoms with Crippen molar-refractivity contribution in [3.8, 4) is 0 Å². The van der Waals surface area contributed by atoms with Crippen molar-refractivity contribution in [3.63, 3.8) is 0 Å². The van der Waals surface area contributed by atoms with Gasteiger partial charge in [0.05, 0.1) is 0 Å².